The van der Waals surface area contributed by atoms with Gasteiger partial charge in [0.25, 0.3) is 0 Å². The van der Waals surface area contributed by atoms with Crippen LogP contribution >= 0.6 is 11.3 Å². The molecule has 1 atom stereocenters. The van der Waals surface area contributed by atoms with E-state index in [-0.39, 0.29) is 12.3 Å². The van der Waals surface area contributed by atoms with Crippen LogP contribution in [0.15, 0.2) is 59.4 Å². The fourth-order valence-corrected chi connectivity index (χ4v) is 3.47. The molecule has 2 aromatic carbocycles. The van der Waals surface area contributed by atoms with Gasteiger partial charge < -0.3 is 21.1 Å². The number of ether oxygens (including phenoxy) is 1. The van der Waals surface area contributed by atoms with Crippen LogP contribution in [0.25, 0.3) is 0 Å². The van der Waals surface area contributed by atoms with Gasteiger partial charge in [-0.05, 0) is 30.2 Å². The summed E-state index contributed by atoms with van der Waals surface area (Å²) in [4.78, 5) is 28.3. The van der Waals surface area contributed by atoms with Crippen molar-refractivity contribution >= 4 is 29.0 Å². The number of rotatable bonds is 8. The molecule has 0 bridgehead atoms. The highest BCUT2D eigenvalue weighted by Crippen LogP contribution is 2.26. The molecule has 0 spiro atoms. The highest BCUT2D eigenvalue weighted by atomic mass is 32.1. The number of carbonyl (C=O) groups excluding carboxylic acids is 2. The van der Waals surface area contributed by atoms with Gasteiger partial charge in [0.2, 0.25) is 5.91 Å². The van der Waals surface area contributed by atoms with E-state index >= 15 is 0 Å². The van der Waals surface area contributed by atoms with Gasteiger partial charge in [-0.1, -0.05) is 36.4 Å². The molecule has 1 aromatic heterocycles. The maximum absolute atomic E-state index is 12.7. The van der Waals surface area contributed by atoms with E-state index in [4.69, 9.17) is 10.5 Å². The number of nitrogens with one attached hydrogen (secondary N) is 2. The first-order chi connectivity index (χ1) is 14.0. The number of para-hydroxylation sites is 2. The Balaban J connectivity index is 1.70. The number of aryl methyl sites for hydroxylation is 1. The molecule has 3 aromatic rings. The number of primary amides is 1. The fourth-order valence-electron chi connectivity index (χ4n) is 2.93. The van der Waals surface area contributed by atoms with Crippen molar-refractivity contribution in [2.45, 2.75) is 26.0 Å². The van der Waals surface area contributed by atoms with Crippen molar-refractivity contribution in [1.29, 1.82) is 0 Å². The van der Waals surface area contributed by atoms with E-state index in [9.17, 15) is 9.59 Å². The number of nitrogens with zero attached hydrogens (tertiary/aromatic N) is 1. The normalized spacial score (nSPS) is 11.5. The van der Waals surface area contributed by atoms with Crippen LogP contribution in [0.2, 0.25) is 0 Å². The first-order valence-corrected chi connectivity index (χ1v) is 9.97. The van der Waals surface area contributed by atoms with Crippen LogP contribution in [-0.2, 0) is 11.4 Å². The molecule has 4 N–H and O–H groups in total. The summed E-state index contributed by atoms with van der Waals surface area (Å²) in [6, 6.07) is 13.5. The van der Waals surface area contributed by atoms with Gasteiger partial charge >= 0.3 is 6.03 Å². The molecule has 0 fully saturated rings. The second-order valence-electron chi connectivity index (χ2n) is 6.43. The largest absolute Gasteiger partial charge is 0.485 e. The summed E-state index contributed by atoms with van der Waals surface area (Å²) in [6.45, 7) is 2.23. The summed E-state index contributed by atoms with van der Waals surface area (Å²) in [6.07, 6.45) is 0.0359. The van der Waals surface area contributed by atoms with E-state index in [1.54, 1.807) is 17.6 Å². The van der Waals surface area contributed by atoms with Gasteiger partial charge in [-0.15, -0.1) is 11.3 Å². The molecule has 0 saturated carbocycles. The molecule has 7 nitrogen and oxygen atoms in total. The minimum absolute atomic E-state index is 0.0359. The first-order valence-electron chi connectivity index (χ1n) is 9.03. The van der Waals surface area contributed by atoms with Gasteiger partial charge in [-0.3, -0.25) is 4.79 Å². The predicted molar refractivity (Wildman–Crippen MR) is 113 cm³/mol. The summed E-state index contributed by atoms with van der Waals surface area (Å²) >= 11 is 1.49. The number of nitrogens with two attached hydrogens (primary N) is 1. The van der Waals surface area contributed by atoms with E-state index < -0.39 is 12.1 Å². The molecule has 1 heterocycles. The Morgan fingerprint density at radius 3 is 2.66 bits per heavy atom. The molecule has 3 amide bonds. The predicted octanol–water partition coefficient (Wildman–Crippen LogP) is 3.77. The molecular weight excluding hydrogens is 388 g/mol. The fraction of sp³-hybridized carbons (Fsp3) is 0.190. The third-order valence-corrected chi connectivity index (χ3v) is 4.93. The maximum Gasteiger partial charge on any atom is 0.312 e. The highest BCUT2D eigenvalue weighted by Gasteiger charge is 2.20. The van der Waals surface area contributed by atoms with E-state index in [0.717, 1.165) is 16.8 Å². The summed E-state index contributed by atoms with van der Waals surface area (Å²) in [5, 5.41) is 7.42. The first kappa shape index (κ1) is 20.3. The number of thiazole rings is 1. The van der Waals surface area contributed by atoms with Crippen molar-refractivity contribution in [3.8, 4) is 5.75 Å². The Morgan fingerprint density at radius 2 is 1.93 bits per heavy atom. The molecule has 1 unspecified atom stereocenters. The van der Waals surface area contributed by atoms with Gasteiger partial charge in [0.15, 0.2) is 0 Å². The third kappa shape index (κ3) is 5.79. The standard InChI is InChI=1S/C21H22N4O3S/c1-14-6-2-3-7-16(14)18(25-21(22)27)10-20(26)24-17-8-4-5-9-19(17)28-11-15-12-29-13-23-15/h2-9,12-13,18H,10-11H2,1H3,(H,24,26)(H3,22,25,27). The zero-order valence-corrected chi connectivity index (χ0v) is 16.7. The van der Waals surface area contributed by atoms with Crippen molar-refractivity contribution in [3.63, 3.8) is 0 Å². The lowest BCUT2D eigenvalue weighted by Gasteiger charge is -2.20. The topological polar surface area (TPSA) is 106 Å². The number of hydrogen-bond donors (Lipinski definition) is 3. The summed E-state index contributed by atoms with van der Waals surface area (Å²) < 4.78 is 5.80. The lowest BCUT2D eigenvalue weighted by molar-refractivity contribution is -0.116. The van der Waals surface area contributed by atoms with Crippen molar-refractivity contribution in [3.05, 3.63) is 76.2 Å². The SMILES string of the molecule is Cc1ccccc1C(CC(=O)Nc1ccccc1OCc1cscn1)NC(N)=O. The van der Waals surface area contributed by atoms with Crippen LogP contribution in [0.5, 0.6) is 5.75 Å². The lowest BCUT2D eigenvalue weighted by atomic mass is 9.98. The molecule has 150 valence electrons. The van der Waals surface area contributed by atoms with E-state index in [0.29, 0.717) is 18.0 Å². The van der Waals surface area contributed by atoms with Crippen molar-refractivity contribution in [1.82, 2.24) is 10.3 Å². The Hall–Kier alpha value is -3.39. The second kappa shape index (κ2) is 9.70. The summed E-state index contributed by atoms with van der Waals surface area (Å²) in [5.74, 6) is 0.279. The van der Waals surface area contributed by atoms with Gasteiger partial charge in [-0.2, -0.15) is 0 Å². The minimum Gasteiger partial charge on any atom is -0.485 e. The summed E-state index contributed by atoms with van der Waals surface area (Å²) in [7, 11) is 0. The number of benzene rings is 2. The maximum atomic E-state index is 12.7. The van der Waals surface area contributed by atoms with E-state index in [1.165, 1.54) is 11.3 Å². The number of amides is 3. The van der Waals surface area contributed by atoms with Crippen LogP contribution in [0, 0.1) is 6.92 Å². The lowest BCUT2D eigenvalue weighted by Crippen LogP contribution is -2.35. The number of aromatic nitrogens is 1. The highest BCUT2D eigenvalue weighted by molar-refractivity contribution is 7.07. The zero-order valence-electron chi connectivity index (χ0n) is 15.9. The van der Waals surface area contributed by atoms with Crippen LogP contribution in [0.1, 0.15) is 29.3 Å². The Bertz CT molecular complexity index is 976. The molecule has 0 saturated heterocycles. The zero-order chi connectivity index (χ0) is 20.6. The molecule has 0 aliphatic heterocycles. The van der Waals surface area contributed by atoms with E-state index in [2.05, 4.69) is 15.6 Å². The third-order valence-electron chi connectivity index (χ3n) is 4.29. The van der Waals surface area contributed by atoms with Crippen LogP contribution < -0.4 is 21.1 Å². The van der Waals surface area contributed by atoms with Crippen molar-refractivity contribution < 1.29 is 14.3 Å². The van der Waals surface area contributed by atoms with Crippen molar-refractivity contribution in [2.24, 2.45) is 5.73 Å². The van der Waals surface area contributed by atoms with Gasteiger partial charge in [-0.25, -0.2) is 9.78 Å². The average molecular weight is 410 g/mol. The minimum atomic E-state index is -0.682. The Labute approximate surface area is 172 Å². The van der Waals surface area contributed by atoms with Gasteiger partial charge in [0.05, 0.1) is 29.4 Å². The monoisotopic (exact) mass is 410 g/mol. The molecule has 0 radical (unpaired) electrons. The average Bonchev–Trinajstić information content (AvgIpc) is 3.20. The Morgan fingerprint density at radius 1 is 1.17 bits per heavy atom. The van der Waals surface area contributed by atoms with Crippen LogP contribution in [-0.4, -0.2) is 16.9 Å². The molecule has 8 heteroatoms. The van der Waals surface area contributed by atoms with Gasteiger partial charge in [0.1, 0.15) is 12.4 Å². The second-order valence-corrected chi connectivity index (χ2v) is 7.15. The summed E-state index contributed by atoms with van der Waals surface area (Å²) in [5.41, 5.74) is 10.2. The smallest absolute Gasteiger partial charge is 0.312 e. The van der Waals surface area contributed by atoms with Crippen LogP contribution in [0.4, 0.5) is 10.5 Å². The molecule has 3 rings (SSSR count). The molecule has 0 aliphatic rings. The van der Waals surface area contributed by atoms with Crippen molar-refractivity contribution in [2.75, 3.05) is 5.32 Å². The number of urea groups is 1. The van der Waals surface area contributed by atoms with Gasteiger partial charge in [0, 0.05) is 5.38 Å². The van der Waals surface area contributed by atoms with Crippen LogP contribution in [0.3, 0.4) is 0 Å². The van der Waals surface area contributed by atoms with E-state index in [1.807, 2.05) is 48.7 Å². The molecular formula is C21H22N4O3S. The number of carbonyl (C=O) groups is 2. The number of anilines is 1. The quantitative estimate of drug-likeness (QED) is 0.525. The number of hydrogen-bond acceptors (Lipinski definition) is 5. The Kier molecular flexibility index (Phi) is 6.80. The molecule has 0 aliphatic carbocycles. The molecule has 29 heavy (non-hydrogen) atoms.